The van der Waals surface area contributed by atoms with Crippen LogP contribution in [0.15, 0.2) is 24.3 Å². The molecule has 1 fully saturated rings. The van der Waals surface area contributed by atoms with Gasteiger partial charge < -0.3 is 10.4 Å². The number of aryl methyl sites for hydroxylation is 1. The van der Waals surface area contributed by atoms with E-state index in [1.165, 1.54) is 5.56 Å². The number of hydrogen-bond acceptors (Lipinski definition) is 3. The van der Waals surface area contributed by atoms with E-state index in [4.69, 9.17) is 0 Å². The van der Waals surface area contributed by atoms with Crippen molar-refractivity contribution in [2.24, 2.45) is 0 Å². The molecule has 2 aliphatic rings. The lowest BCUT2D eigenvalue weighted by Crippen LogP contribution is -2.42. The first-order valence-corrected chi connectivity index (χ1v) is 7.35. The minimum Gasteiger partial charge on any atom is -0.369 e. The Bertz CT molecular complexity index is 744. The number of pyridine rings is 1. The third-order valence-corrected chi connectivity index (χ3v) is 4.46. The first-order valence-electron chi connectivity index (χ1n) is 7.35. The van der Waals surface area contributed by atoms with Gasteiger partial charge in [-0.2, -0.15) is 0 Å². The molecule has 1 aromatic heterocycles. The Hall–Kier alpha value is -2.14. The maximum absolute atomic E-state index is 12.2. The van der Waals surface area contributed by atoms with E-state index < -0.39 is 6.23 Å². The topological polar surface area (TPSA) is 66.7 Å². The van der Waals surface area contributed by atoms with Gasteiger partial charge in [-0.05, 0) is 31.5 Å². The van der Waals surface area contributed by atoms with E-state index in [2.05, 4.69) is 27.3 Å². The summed E-state index contributed by atoms with van der Waals surface area (Å²) in [5.41, 5.74) is 2.93. The molecule has 0 unspecified atom stereocenters. The minimum absolute atomic E-state index is 0.0927. The van der Waals surface area contributed by atoms with Crippen LogP contribution in [-0.2, 0) is 4.79 Å². The Morgan fingerprint density at radius 1 is 1.38 bits per heavy atom. The number of fused-ring (bicyclic) bond motifs is 4. The fraction of sp³-hybridized carbons (Fsp3) is 0.375. The second-order valence-corrected chi connectivity index (χ2v) is 5.93. The van der Waals surface area contributed by atoms with Gasteiger partial charge in [0.25, 0.3) is 11.7 Å². The number of aliphatic hydroxyl groups excluding tert-OH is 1. The summed E-state index contributed by atoms with van der Waals surface area (Å²) in [6.07, 6.45) is 0.866. The molecule has 0 saturated carbocycles. The molecule has 2 atom stereocenters. The van der Waals surface area contributed by atoms with Crippen LogP contribution in [0.1, 0.15) is 30.2 Å². The number of carbonyl (C=O) groups is 1. The number of benzene rings is 1. The fourth-order valence-corrected chi connectivity index (χ4v) is 3.41. The van der Waals surface area contributed by atoms with Crippen LogP contribution in [0.4, 0.5) is 5.82 Å². The Balaban J connectivity index is 1.96. The van der Waals surface area contributed by atoms with Crippen molar-refractivity contribution in [3.63, 3.8) is 0 Å². The number of aliphatic hydroxyl groups is 1. The van der Waals surface area contributed by atoms with Crippen LogP contribution < -0.4 is 15.2 Å². The molecule has 3 N–H and O–H groups in total. The van der Waals surface area contributed by atoms with E-state index in [0.717, 1.165) is 41.7 Å². The highest BCUT2D eigenvalue weighted by molar-refractivity contribution is 5.88. The highest BCUT2D eigenvalue weighted by Gasteiger charge is 2.43. The highest BCUT2D eigenvalue weighted by atomic mass is 16.3. The molecule has 0 spiro atoms. The predicted molar refractivity (Wildman–Crippen MR) is 78.7 cm³/mol. The number of anilines is 1. The van der Waals surface area contributed by atoms with Gasteiger partial charge in [-0.3, -0.25) is 4.79 Å². The van der Waals surface area contributed by atoms with Crippen molar-refractivity contribution in [3.8, 4) is 0 Å². The van der Waals surface area contributed by atoms with Gasteiger partial charge in [0.05, 0.1) is 12.1 Å². The number of aromatic amines is 1. The number of aromatic nitrogens is 1. The summed E-state index contributed by atoms with van der Waals surface area (Å²) >= 11 is 0. The summed E-state index contributed by atoms with van der Waals surface area (Å²) in [6, 6.07) is 7.97. The standard InChI is InChI=1S/C16H17N3O2/c1-9-4-5-12-10(7-9)8-11-14(17-12)19-6-2-3-13(19)16(21)18-15(11)20/h4-5,7-8,13,15,20H,2-3,6H2,1H3,(H,18,21)/p+1/t13-,15+/m0/s1. The van der Waals surface area contributed by atoms with Gasteiger partial charge in [-0.25, -0.2) is 9.88 Å². The van der Waals surface area contributed by atoms with Crippen molar-refractivity contribution in [3.05, 3.63) is 35.4 Å². The van der Waals surface area contributed by atoms with E-state index in [0.29, 0.717) is 0 Å². The molecular formula is C16H18N3O2+. The van der Waals surface area contributed by atoms with Crippen molar-refractivity contribution in [2.45, 2.75) is 32.0 Å². The number of nitrogens with zero attached hydrogens (tertiary/aromatic N) is 1. The van der Waals surface area contributed by atoms with Crippen molar-refractivity contribution < 1.29 is 14.9 Å². The molecule has 3 heterocycles. The molecular weight excluding hydrogens is 266 g/mol. The Morgan fingerprint density at radius 3 is 3.10 bits per heavy atom. The Labute approximate surface area is 122 Å². The second-order valence-electron chi connectivity index (χ2n) is 5.93. The van der Waals surface area contributed by atoms with Crippen LogP contribution in [0.25, 0.3) is 10.9 Å². The molecule has 0 radical (unpaired) electrons. The lowest BCUT2D eigenvalue weighted by Gasteiger charge is -2.16. The van der Waals surface area contributed by atoms with Crippen LogP contribution in [0.3, 0.4) is 0 Å². The van der Waals surface area contributed by atoms with Gasteiger partial charge in [0.1, 0.15) is 5.52 Å². The third-order valence-electron chi connectivity index (χ3n) is 4.46. The first kappa shape index (κ1) is 12.6. The maximum Gasteiger partial charge on any atom is 0.283 e. The van der Waals surface area contributed by atoms with Crippen molar-refractivity contribution >= 4 is 22.6 Å². The van der Waals surface area contributed by atoms with Gasteiger partial charge >= 0.3 is 0 Å². The van der Waals surface area contributed by atoms with Crippen molar-refractivity contribution in [1.29, 1.82) is 0 Å². The molecule has 4 rings (SSSR count). The van der Waals surface area contributed by atoms with Crippen molar-refractivity contribution in [1.82, 2.24) is 5.32 Å². The zero-order chi connectivity index (χ0) is 14.6. The molecule has 1 amide bonds. The zero-order valence-corrected chi connectivity index (χ0v) is 11.9. The largest absolute Gasteiger partial charge is 0.369 e. The molecule has 2 aromatic rings. The van der Waals surface area contributed by atoms with E-state index in [1.807, 2.05) is 19.1 Å². The summed E-state index contributed by atoms with van der Waals surface area (Å²) in [5.74, 6) is 0.768. The SMILES string of the molecule is Cc1ccc2[nH+]c3c(cc2c1)[C@@H](O)NC(=O)[C@@H]1CCCN31. The van der Waals surface area contributed by atoms with Gasteiger partial charge in [0.15, 0.2) is 12.3 Å². The molecule has 21 heavy (non-hydrogen) atoms. The molecule has 2 aliphatic heterocycles. The number of carbonyl (C=O) groups excluding carboxylic acids is 1. The Morgan fingerprint density at radius 2 is 2.24 bits per heavy atom. The average molecular weight is 284 g/mol. The molecule has 5 heteroatoms. The van der Waals surface area contributed by atoms with Crippen LogP contribution in [0, 0.1) is 6.92 Å². The fourth-order valence-electron chi connectivity index (χ4n) is 3.41. The quantitative estimate of drug-likeness (QED) is 0.760. The van der Waals surface area contributed by atoms with Crippen LogP contribution in [0.2, 0.25) is 0 Å². The van der Waals surface area contributed by atoms with Gasteiger partial charge in [-0.15, -0.1) is 0 Å². The predicted octanol–water partition coefficient (Wildman–Crippen LogP) is 1.05. The summed E-state index contributed by atoms with van der Waals surface area (Å²) < 4.78 is 0. The van der Waals surface area contributed by atoms with Gasteiger partial charge in [-0.1, -0.05) is 11.6 Å². The maximum atomic E-state index is 12.2. The first-order chi connectivity index (χ1) is 10.1. The minimum atomic E-state index is -0.959. The molecule has 108 valence electrons. The lowest BCUT2D eigenvalue weighted by molar-refractivity contribution is -0.331. The smallest absolute Gasteiger partial charge is 0.283 e. The molecule has 0 aliphatic carbocycles. The zero-order valence-electron chi connectivity index (χ0n) is 11.9. The van der Waals surface area contributed by atoms with E-state index in [9.17, 15) is 9.90 Å². The molecule has 1 saturated heterocycles. The highest BCUT2D eigenvalue weighted by Crippen LogP contribution is 2.32. The molecule has 1 aromatic carbocycles. The Kier molecular flexibility index (Phi) is 2.65. The van der Waals surface area contributed by atoms with E-state index in [1.54, 1.807) is 0 Å². The van der Waals surface area contributed by atoms with E-state index in [-0.39, 0.29) is 11.9 Å². The second kappa shape index (κ2) is 4.43. The van der Waals surface area contributed by atoms with Crippen LogP contribution >= 0.6 is 0 Å². The number of rotatable bonds is 0. The van der Waals surface area contributed by atoms with Crippen LogP contribution in [0.5, 0.6) is 0 Å². The number of amides is 1. The summed E-state index contributed by atoms with van der Waals surface area (Å²) in [5, 5.41) is 14.1. The van der Waals surface area contributed by atoms with Crippen LogP contribution in [-0.4, -0.2) is 23.6 Å². The monoisotopic (exact) mass is 284 g/mol. The summed E-state index contributed by atoms with van der Waals surface area (Å²) in [4.78, 5) is 17.7. The average Bonchev–Trinajstić information content (AvgIpc) is 2.91. The lowest BCUT2D eigenvalue weighted by atomic mass is 10.1. The number of hydrogen-bond donors (Lipinski definition) is 2. The molecule has 5 nitrogen and oxygen atoms in total. The van der Waals surface area contributed by atoms with Crippen molar-refractivity contribution in [2.75, 3.05) is 11.4 Å². The number of H-pyrrole nitrogens is 1. The van der Waals surface area contributed by atoms with Gasteiger partial charge in [0, 0.05) is 11.8 Å². The van der Waals surface area contributed by atoms with E-state index >= 15 is 0 Å². The normalized spacial score (nSPS) is 24.5. The summed E-state index contributed by atoms with van der Waals surface area (Å²) in [6.45, 7) is 2.88. The third kappa shape index (κ3) is 1.88. The number of nitrogens with one attached hydrogen (secondary N) is 2. The summed E-state index contributed by atoms with van der Waals surface area (Å²) in [7, 11) is 0. The van der Waals surface area contributed by atoms with Gasteiger partial charge in [0.2, 0.25) is 0 Å². The molecule has 0 bridgehead atoms.